The molecule has 2 rings (SSSR count). The van der Waals surface area contributed by atoms with Crippen molar-refractivity contribution >= 4 is 5.82 Å². The van der Waals surface area contributed by atoms with Gasteiger partial charge < -0.3 is 20.3 Å². The monoisotopic (exact) mass is 317 g/mol. The fraction of sp³-hybridized carbons (Fsp3) is 0.667. The third-order valence-electron chi connectivity index (χ3n) is 3.14. The van der Waals surface area contributed by atoms with Crippen LogP contribution >= 0.6 is 0 Å². The highest BCUT2D eigenvalue weighted by Gasteiger charge is 2.47. The van der Waals surface area contributed by atoms with Crippen LogP contribution < -0.4 is 11.4 Å². The molecule has 0 amide bonds. The Hall–Kier alpha value is -1.56. The van der Waals surface area contributed by atoms with Gasteiger partial charge in [-0.15, -0.1) is 0 Å². The lowest BCUT2D eigenvalue weighted by molar-refractivity contribution is -0.522. The summed E-state index contributed by atoms with van der Waals surface area (Å²) in [5, 5.41) is 14.7. The zero-order valence-corrected chi connectivity index (χ0v) is 12.2. The Morgan fingerprint density at radius 3 is 2.95 bits per heavy atom. The molecule has 0 saturated carbocycles. The van der Waals surface area contributed by atoms with E-state index in [4.69, 9.17) is 20.1 Å². The van der Waals surface area contributed by atoms with Gasteiger partial charge in [0, 0.05) is 12.8 Å². The van der Waals surface area contributed by atoms with Crippen molar-refractivity contribution in [3.63, 3.8) is 0 Å². The molecule has 0 spiro atoms. The van der Waals surface area contributed by atoms with Crippen molar-refractivity contribution in [2.45, 2.75) is 31.5 Å². The van der Waals surface area contributed by atoms with E-state index >= 15 is 0 Å². The van der Waals surface area contributed by atoms with Crippen molar-refractivity contribution in [1.82, 2.24) is 9.55 Å². The molecular formula is C12H19N3O7. The summed E-state index contributed by atoms with van der Waals surface area (Å²) in [4.78, 5) is 24.8. The molecule has 0 bridgehead atoms. The molecule has 0 aliphatic carbocycles. The number of rotatable bonds is 7. The van der Waals surface area contributed by atoms with Crippen LogP contribution in [0.2, 0.25) is 0 Å². The number of nitrogens with two attached hydrogens (primary N) is 1. The Morgan fingerprint density at radius 1 is 1.55 bits per heavy atom. The van der Waals surface area contributed by atoms with Gasteiger partial charge in [-0.05, 0) is 13.0 Å². The van der Waals surface area contributed by atoms with Crippen LogP contribution in [0.4, 0.5) is 5.82 Å². The van der Waals surface area contributed by atoms with Crippen molar-refractivity contribution in [2.24, 2.45) is 0 Å². The summed E-state index contributed by atoms with van der Waals surface area (Å²) in [6.07, 6.45) is -2.36. The molecule has 22 heavy (non-hydrogen) atoms. The van der Waals surface area contributed by atoms with Crippen LogP contribution in [0.5, 0.6) is 0 Å². The molecule has 1 saturated heterocycles. The first-order chi connectivity index (χ1) is 10.6. The summed E-state index contributed by atoms with van der Waals surface area (Å²) in [7, 11) is 1.26. The summed E-state index contributed by atoms with van der Waals surface area (Å²) in [5.74, 6) is 0.0788. The zero-order chi connectivity index (χ0) is 16.1. The van der Waals surface area contributed by atoms with E-state index in [2.05, 4.69) is 14.9 Å². The van der Waals surface area contributed by atoms with Crippen LogP contribution in [0.25, 0.3) is 0 Å². The van der Waals surface area contributed by atoms with Gasteiger partial charge >= 0.3 is 5.69 Å². The van der Waals surface area contributed by atoms with E-state index < -0.39 is 30.2 Å². The highest BCUT2D eigenvalue weighted by Crippen LogP contribution is 2.31. The highest BCUT2D eigenvalue weighted by molar-refractivity contribution is 5.23. The van der Waals surface area contributed by atoms with E-state index in [0.29, 0.717) is 6.61 Å². The van der Waals surface area contributed by atoms with Crippen LogP contribution in [0.3, 0.4) is 0 Å². The number of nitrogen functional groups attached to an aromatic ring is 1. The molecule has 1 aromatic heterocycles. The Morgan fingerprint density at radius 2 is 2.32 bits per heavy atom. The quantitative estimate of drug-likeness (QED) is 0.480. The van der Waals surface area contributed by atoms with E-state index in [0.717, 1.165) is 4.57 Å². The minimum absolute atomic E-state index is 0.0788. The second-order valence-electron chi connectivity index (χ2n) is 4.55. The third-order valence-corrected chi connectivity index (χ3v) is 3.14. The molecule has 4 atom stereocenters. The highest BCUT2D eigenvalue weighted by atomic mass is 17.5. The first kappa shape index (κ1) is 16.8. The van der Waals surface area contributed by atoms with Gasteiger partial charge in [-0.25, -0.2) is 9.68 Å². The summed E-state index contributed by atoms with van der Waals surface area (Å²) in [6.45, 7) is 2.43. The van der Waals surface area contributed by atoms with E-state index in [1.165, 1.54) is 19.4 Å². The second-order valence-corrected chi connectivity index (χ2v) is 4.55. The van der Waals surface area contributed by atoms with Crippen LogP contribution in [0.1, 0.15) is 13.2 Å². The van der Waals surface area contributed by atoms with Crippen LogP contribution in [0.15, 0.2) is 17.1 Å². The number of aromatic nitrogens is 2. The van der Waals surface area contributed by atoms with Gasteiger partial charge in [0.15, 0.2) is 12.3 Å². The predicted molar refractivity (Wildman–Crippen MR) is 72.3 cm³/mol. The molecule has 1 aromatic rings. The Labute approximate surface area is 126 Å². The van der Waals surface area contributed by atoms with Crippen molar-refractivity contribution in [3.05, 3.63) is 22.7 Å². The molecular weight excluding hydrogens is 298 g/mol. The zero-order valence-electron chi connectivity index (χ0n) is 12.2. The van der Waals surface area contributed by atoms with E-state index in [9.17, 15) is 9.90 Å². The van der Waals surface area contributed by atoms with Gasteiger partial charge in [0.25, 0.3) is 0 Å². The molecule has 10 nitrogen and oxygen atoms in total. The number of hydrogen-bond acceptors (Lipinski definition) is 9. The SMILES string of the molecule is CCOC[C@H]1O[C@@H](n2ccc(N)nc2=O)[C@H](O)[C@@H]1OOOC. The first-order valence-corrected chi connectivity index (χ1v) is 6.70. The van der Waals surface area contributed by atoms with Gasteiger partial charge in [0.1, 0.15) is 18.0 Å². The maximum atomic E-state index is 11.9. The maximum absolute atomic E-state index is 11.9. The first-order valence-electron chi connectivity index (χ1n) is 6.70. The topological polar surface area (TPSA) is 127 Å². The Kier molecular flexibility index (Phi) is 5.83. The second kappa shape index (κ2) is 7.63. The van der Waals surface area contributed by atoms with E-state index in [-0.39, 0.29) is 12.4 Å². The minimum Gasteiger partial charge on any atom is -0.385 e. The number of nitrogens with zero attached hydrogens (tertiary/aromatic N) is 2. The van der Waals surface area contributed by atoms with Crippen LogP contribution in [-0.2, 0) is 24.3 Å². The Balaban J connectivity index is 2.20. The van der Waals surface area contributed by atoms with Gasteiger partial charge in [-0.3, -0.25) is 4.57 Å². The minimum atomic E-state index is -1.19. The molecule has 3 N–H and O–H groups in total. The molecule has 2 heterocycles. The lowest BCUT2D eigenvalue weighted by Crippen LogP contribution is -2.38. The fourth-order valence-electron chi connectivity index (χ4n) is 2.14. The molecule has 124 valence electrons. The maximum Gasteiger partial charge on any atom is 0.351 e. The molecule has 1 fully saturated rings. The summed E-state index contributed by atoms with van der Waals surface area (Å²) in [5.41, 5.74) is 4.79. The van der Waals surface area contributed by atoms with E-state index in [1.54, 1.807) is 0 Å². The van der Waals surface area contributed by atoms with Gasteiger partial charge in [0.2, 0.25) is 0 Å². The van der Waals surface area contributed by atoms with Crippen molar-refractivity contribution in [3.8, 4) is 0 Å². The molecule has 1 aliphatic rings. The van der Waals surface area contributed by atoms with E-state index in [1.807, 2.05) is 6.92 Å². The molecule has 1 aliphatic heterocycles. The lowest BCUT2D eigenvalue weighted by atomic mass is 10.1. The molecule has 0 aromatic carbocycles. The summed E-state index contributed by atoms with van der Waals surface area (Å²) in [6, 6.07) is 1.43. The Bertz CT molecular complexity index is 538. The normalized spacial score (nSPS) is 28.1. The van der Waals surface area contributed by atoms with Gasteiger partial charge in [-0.2, -0.15) is 9.87 Å². The number of aliphatic hydroxyl groups is 1. The standard InChI is InChI=1S/C12H19N3O7/c1-3-19-6-7-10(21-22-18-2)9(16)11(20-7)15-5-4-8(13)14-12(15)17/h4-5,7,9-11,16H,3,6H2,1-2H3,(H2,13,14,17)/t7-,9-,10-,11-/m1/s1. The molecule has 0 unspecified atom stereocenters. The molecule has 0 radical (unpaired) electrons. The van der Waals surface area contributed by atoms with Crippen LogP contribution in [-0.4, -0.2) is 53.3 Å². The largest absolute Gasteiger partial charge is 0.385 e. The smallest absolute Gasteiger partial charge is 0.351 e. The van der Waals surface area contributed by atoms with Gasteiger partial charge in [-0.1, -0.05) is 5.04 Å². The van der Waals surface area contributed by atoms with Crippen molar-refractivity contribution in [2.75, 3.05) is 26.1 Å². The van der Waals surface area contributed by atoms with Crippen molar-refractivity contribution in [1.29, 1.82) is 0 Å². The lowest BCUT2D eigenvalue weighted by Gasteiger charge is -2.18. The number of hydrogen-bond donors (Lipinski definition) is 2. The summed E-state index contributed by atoms with van der Waals surface area (Å²) < 4.78 is 12.0. The van der Waals surface area contributed by atoms with Crippen molar-refractivity contribution < 1.29 is 29.4 Å². The van der Waals surface area contributed by atoms with Crippen LogP contribution in [0, 0.1) is 0 Å². The average molecular weight is 317 g/mol. The summed E-state index contributed by atoms with van der Waals surface area (Å²) >= 11 is 0. The third kappa shape index (κ3) is 3.61. The fourth-order valence-corrected chi connectivity index (χ4v) is 2.14. The number of anilines is 1. The predicted octanol–water partition coefficient (Wildman–Crippen LogP) is -1.00. The molecule has 10 heteroatoms. The number of aliphatic hydroxyl groups excluding tert-OH is 1. The average Bonchev–Trinajstić information content (AvgIpc) is 2.79. The van der Waals surface area contributed by atoms with Gasteiger partial charge in [0.05, 0.1) is 13.7 Å². The number of ether oxygens (including phenoxy) is 2.